The molecule has 0 saturated heterocycles. The summed E-state index contributed by atoms with van der Waals surface area (Å²) in [6, 6.07) is 9.09. The van der Waals surface area contributed by atoms with Crippen molar-refractivity contribution in [2.24, 2.45) is 5.92 Å². The number of nitrogens with zero attached hydrogens (tertiary/aromatic N) is 2. The van der Waals surface area contributed by atoms with Gasteiger partial charge in [0.25, 0.3) is 5.56 Å². The van der Waals surface area contributed by atoms with Crippen molar-refractivity contribution >= 4 is 40.6 Å². The molecule has 0 aliphatic heterocycles. The summed E-state index contributed by atoms with van der Waals surface area (Å²) < 4.78 is 4.97. The predicted octanol–water partition coefficient (Wildman–Crippen LogP) is 1.49. The lowest BCUT2D eigenvalue weighted by atomic mass is 10.2. The second-order valence-corrected chi connectivity index (χ2v) is 8.11. The number of H-pyrrole nitrogens is 1. The van der Waals surface area contributed by atoms with Crippen LogP contribution in [0.1, 0.15) is 12.0 Å². The van der Waals surface area contributed by atoms with Crippen LogP contribution < -0.4 is 21.9 Å². The highest BCUT2D eigenvalue weighted by Gasteiger charge is 2.58. The van der Waals surface area contributed by atoms with Gasteiger partial charge in [-0.2, -0.15) is 0 Å². The van der Waals surface area contributed by atoms with Crippen molar-refractivity contribution in [1.82, 2.24) is 9.55 Å². The van der Waals surface area contributed by atoms with Gasteiger partial charge in [0, 0.05) is 7.11 Å². The van der Waals surface area contributed by atoms with Gasteiger partial charge in [-0.3, -0.25) is 24.0 Å². The largest absolute Gasteiger partial charge is 0.383 e. The molecule has 2 aromatic rings. The van der Waals surface area contributed by atoms with Crippen molar-refractivity contribution in [3.8, 4) is 0 Å². The maximum absolute atomic E-state index is 13.1. The first-order chi connectivity index (χ1) is 13.3. The van der Waals surface area contributed by atoms with Crippen LogP contribution in [0.3, 0.4) is 0 Å². The highest BCUT2D eigenvalue weighted by atomic mass is 35.5. The van der Waals surface area contributed by atoms with Crippen LogP contribution in [0.5, 0.6) is 0 Å². The number of amides is 1. The van der Waals surface area contributed by atoms with E-state index in [1.165, 1.54) is 12.0 Å². The number of carbonyl (C=O) groups excluding carboxylic acids is 1. The molecule has 1 aliphatic carbocycles. The number of ether oxygens (including phenoxy) is 1. The average Bonchev–Trinajstić information content (AvgIpc) is 3.29. The molecule has 3 rings (SSSR count). The number of hydrogen-bond acceptors (Lipinski definition) is 5. The van der Waals surface area contributed by atoms with Gasteiger partial charge in [-0.1, -0.05) is 30.3 Å². The molecule has 0 radical (unpaired) electrons. The average molecular weight is 427 g/mol. The number of benzene rings is 1. The van der Waals surface area contributed by atoms with Crippen LogP contribution in [0.2, 0.25) is 0 Å². The fourth-order valence-corrected chi connectivity index (χ4v) is 3.44. The lowest BCUT2D eigenvalue weighted by Gasteiger charge is -2.25. The molecule has 0 spiro atoms. The zero-order valence-electron chi connectivity index (χ0n) is 15.2. The number of nitrogen functional groups attached to an aromatic ring is 1. The third-order valence-electron chi connectivity index (χ3n) is 4.58. The number of anilines is 2. The van der Waals surface area contributed by atoms with Crippen LogP contribution in [-0.4, -0.2) is 33.5 Å². The third-order valence-corrected chi connectivity index (χ3v) is 5.41. The standard InChI is InChI=1S/C18H20Cl2N4O4/c1-28-8-7-23-14(21)13(15(25)22-17(23)27)24(10-11-5-3-2-4-6-11)16(26)12-9-18(12,19)20/h2-6,12H,7-10,21H2,1H3,(H,22,25,27)/t12-/m0/s1. The van der Waals surface area contributed by atoms with Gasteiger partial charge in [0.15, 0.2) is 5.69 Å². The first-order valence-electron chi connectivity index (χ1n) is 8.61. The molecule has 1 fully saturated rings. The summed E-state index contributed by atoms with van der Waals surface area (Å²) in [5.41, 5.74) is 5.37. The maximum atomic E-state index is 13.1. The molecule has 150 valence electrons. The predicted molar refractivity (Wildman–Crippen MR) is 108 cm³/mol. The third kappa shape index (κ3) is 4.09. The Labute approximate surface area is 170 Å². The van der Waals surface area contributed by atoms with Crippen molar-refractivity contribution < 1.29 is 9.53 Å². The van der Waals surface area contributed by atoms with Crippen LogP contribution in [0.15, 0.2) is 39.9 Å². The van der Waals surface area contributed by atoms with Crippen LogP contribution in [0, 0.1) is 5.92 Å². The molecule has 0 unspecified atom stereocenters. The minimum absolute atomic E-state index is 0.0792. The highest BCUT2D eigenvalue weighted by molar-refractivity contribution is 6.52. The summed E-state index contributed by atoms with van der Waals surface area (Å²) in [6.07, 6.45) is 0.279. The molecule has 28 heavy (non-hydrogen) atoms. The lowest BCUT2D eigenvalue weighted by molar-refractivity contribution is -0.120. The van der Waals surface area contributed by atoms with Crippen LogP contribution >= 0.6 is 23.2 Å². The van der Waals surface area contributed by atoms with Gasteiger partial charge >= 0.3 is 5.69 Å². The molecular weight excluding hydrogens is 407 g/mol. The number of halogens is 2. The molecule has 1 aliphatic rings. The number of alkyl halides is 2. The summed E-state index contributed by atoms with van der Waals surface area (Å²) in [6.45, 7) is 0.407. The number of methoxy groups -OCH3 is 1. The van der Waals surface area contributed by atoms with Gasteiger partial charge in [-0.05, 0) is 12.0 Å². The number of nitrogens with one attached hydrogen (secondary N) is 1. The molecule has 1 amide bonds. The SMILES string of the molecule is COCCn1c(N)c(N(Cc2ccccc2)C(=O)[C@@H]2CC2(Cl)Cl)c(=O)[nH]c1=O. The highest BCUT2D eigenvalue weighted by Crippen LogP contribution is 2.54. The zero-order valence-corrected chi connectivity index (χ0v) is 16.7. The number of nitrogens with two attached hydrogens (primary N) is 1. The van der Waals surface area contributed by atoms with Crippen molar-refractivity contribution in [3.05, 3.63) is 56.7 Å². The molecule has 1 saturated carbocycles. The van der Waals surface area contributed by atoms with E-state index in [9.17, 15) is 14.4 Å². The van der Waals surface area contributed by atoms with Gasteiger partial charge in [0.1, 0.15) is 10.2 Å². The summed E-state index contributed by atoms with van der Waals surface area (Å²) in [5.74, 6) is -1.20. The minimum atomic E-state index is -1.17. The number of aromatic nitrogens is 2. The van der Waals surface area contributed by atoms with E-state index in [1.54, 1.807) is 0 Å². The Kier molecular flexibility index (Phi) is 5.83. The lowest BCUT2D eigenvalue weighted by Crippen LogP contribution is -2.42. The van der Waals surface area contributed by atoms with Gasteiger partial charge in [0.2, 0.25) is 5.91 Å². The Balaban J connectivity index is 2.08. The number of hydrogen-bond donors (Lipinski definition) is 2. The summed E-state index contributed by atoms with van der Waals surface area (Å²) in [4.78, 5) is 41.3. The van der Waals surface area contributed by atoms with E-state index in [4.69, 9.17) is 33.7 Å². The normalized spacial score (nSPS) is 17.3. The quantitative estimate of drug-likeness (QED) is 0.651. The van der Waals surface area contributed by atoms with Gasteiger partial charge < -0.3 is 10.5 Å². The molecular formula is C18H20Cl2N4O4. The summed E-state index contributed by atoms with van der Waals surface area (Å²) in [5, 5.41) is 0. The Hall–Kier alpha value is -2.29. The van der Waals surface area contributed by atoms with E-state index in [2.05, 4.69) is 4.98 Å². The molecule has 8 nitrogen and oxygen atoms in total. The second kappa shape index (κ2) is 7.98. The molecule has 1 aromatic heterocycles. The van der Waals surface area contributed by atoms with E-state index in [0.717, 1.165) is 10.1 Å². The molecule has 3 N–H and O–H groups in total. The van der Waals surface area contributed by atoms with Crippen molar-refractivity contribution in [2.75, 3.05) is 24.4 Å². The van der Waals surface area contributed by atoms with E-state index in [0.29, 0.717) is 0 Å². The topological polar surface area (TPSA) is 110 Å². The van der Waals surface area contributed by atoms with Gasteiger partial charge in [-0.25, -0.2) is 4.79 Å². The van der Waals surface area contributed by atoms with E-state index in [-0.39, 0.29) is 37.6 Å². The fourth-order valence-electron chi connectivity index (χ4n) is 2.95. The van der Waals surface area contributed by atoms with Gasteiger partial charge in [0.05, 0.1) is 25.6 Å². The summed E-state index contributed by atoms with van der Waals surface area (Å²) in [7, 11) is 1.48. The number of rotatable bonds is 7. The second-order valence-electron chi connectivity index (χ2n) is 6.57. The zero-order chi connectivity index (χ0) is 20.5. The van der Waals surface area contributed by atoms with Crippen molar-refractivity contribution in [2.45, 2.75) is 23.8 Å². The van der Waals surface area contributed by atoms with Gasteiger partial charge in [-0.15, -0.1) is 23.2 Å². The number of carbonyl (C=O) groups is 1. The number of aromatic amines is 1. The molecule has 1 aromatic carbocycles. The molecule has 1 atom stereocenters. The Morgan fingerprint density at radius 3 is 2.57 bits per heavy atom. The monoisotopic (exact) mass is 426 g/mol. The van der Waals surface area contributed by atoms with E-state index >= 15 is 0 Å². The maximum Gasteiger partial charge on any atom is 0.330 e. The Morgan fingerprint density at radius 1 is 1.36 bits per heavy atom. The van der Waals surface area contributed by atoms with E-state index in [1.807, 2.05) is 30.3 Å². The summed E-state index contributed by atoms with van der Waals surface area (Å²) >= 11 is 12.1. The van der Waals surface area contributed by atoms with Crippen LogP contribution in [0.25, 0.3) is 0 Å². The first-order valence-corrected chi connectivity index (χ1v) is 9.36. The smallest absolute Gasteiger partial charge is 0.330 e. The van der Waals surface area contributed by atoms with Crippen LogP contribution in [0.4, 0.5) is 11.5 Å². The molecule has 0 bridgehead atoms. The Bertz CT molecular complexity index is 987. The minimum Gasteiger partial charge on any atom is -0.383 e. The van der Waals surface area contributed by atoms with E-state index < -0.39 is 27.4 Å². The first kappa shape index (κ1) is 20.4. The Morgan fingerprint density at radius 2 is 2.00 bits per heavy atom. The molecule has 1 heterocycles. The van der Waals surface area contributed by atoms with Crippen LogP contribution in [-0.2, 0) is 22.6 Å². The fraction of sp³-hybridized carbons (Fsp3) is 0.389. The molecule has 10 heteroatoms. The van der Waals surface area contributed by atoms with Crippen molar-refractivity contribution in [1.29, 1.82) is 0 Å². The van der Waals surface area contributed by atoms with Crippen molar-refractivity contribution in [3.63, 3.8) is 0 Å².